The maximum absolute atomic E-state index is 10.7. The van der Waals surface area contributed by atoms with E-state index in [4.69, 9.17) is 32.7 Å². The van der Waals surface area contributed by atoms with Crippen molar-refractivity contribution in [2.24, 2.45) is 0 Å². The summed E-state index contributed by atoms with van der Waals surface area (Å²) in [5.74, 6) is 0.218. The van der Waals surface area contributed by atoms with Gasteiger partial charge in [-0.25, -0.2) is 0 Å². The summed E-state index contributed by atoms with van der Waals surface area (Å²) in [4.78, 5) is 21.5. The van der Waals surface area contributed by atoms with Crippen LogP contribution in [-0.2, 0) is 0 Å². The fraction of sp³-hybridized carbons (Fsp3) is 0.182. The maximum Gasteiger partial charge on any atom is 0.329 e. The predicted molar refractivity (Wildman–Crippen MR) is 74.2 cm³/mol. The zero-order chi connectivity index (χ0) is 15.4. The van der Waals surface area contributed by atoms with Crippen molar-refractivity contribution in [2.45, 2.75) is 6.92 Å². The number of rotatable bonds is 5. The predicted octanol–water partition coefficient (Wildman–Crippen LogP) is 3.28. The first-order valence-electron chi connectivity index (χ1n) is 5.65. The Morgan fingerprint density at radius 3 is 2.57 bits per heavy atom. The Kier molecular flexibility index (Phi) is 4.71. The smallest absolute Gasteiger partial charge is 0.329 e. The maximum atomic E-state index is 10.7. The lowest BCUT2D eigenvalue weighted by molar-refractivity contribution is -0.384. The molecule has 0 fully saturated rings. The molecule has 0 bridgehead atoms. The quantitative estimate of drug-likeness (QED) is 0.612. The molecule has 0 aliphatic rings. The molecule has 0 radical (unpaired) electrons. The Morgan fingerprint density at radius 2 is 1.95 bits per heavy atom. The minimum Gasteiger partial charge on any atom is -0.464 e. The third kappa shape index (κ3) is 3.89. The highest BCUT2D eigenvalue weighted by Crippen LogP contribution is 2.30. The van der Waals surface area contributed by atoms with Gasteiger partial charge in [0.2, 0.25) is 5.28 Å². The Balaban J connectivity index is 2.25. The van der Waals surface area contributed by atoms with Crippen molar-refractivity contribution in [1.82, 2.24) is 15.0 Å². The first-order chi connectivity index (χ1) is 9.99. The lowest BCUT2D eigenvalue weighted by Crippen LogP contribution is -2.01. The van der Waals surface area contributed by atoms with Gasteiger partial charge in [0.05, 0.1) is 11.5 Å². The molecule has 0 amide bonds. The summed E-state index contributed by atoms with van der Waals surface area (Å²) in [6.07, 6.45) is 0. The molecular formula is C11H8Cl2N4O4. The molecule has 110 valence electrons. The molecule has 0 saturated carbocycles. The molecule has 2 aromatic rings. The molecule has 1 heterocycles. The van der Waals surface area contributed by atoms with Crippen molar-refractivity contribution in [3.05, 3.63) is 38.6 Å². The van der Waals surface area contributed by atoms with Crippen molar-refractivity contribution < 1.29 is 14.4 Å². The monoisotopic (exact) mass is 330 g/mol. The van der Waals surface area contributed by atoms with E-state index < -0.39 is 4.92 Å². The van der Waals surface area contributed by atoms with Crippen LogP contribution in [-0.4, -0.2) is 26.5 Å². The van der Waals surface area contributed by atoms with Crippen LogP contribution < -0.4 is 9.47 Å². The number of nitro benzene ring substituents is 1. The summed E-state index contributed by atoms with van der Waals surface area (Å²) < 4.78 is 10.4. The van der Waals surface area contributed by atoms with Crippen LogP contribution in [0.2, 0.25) is 10.3 Å². The topological polar surface area (TPSA) is 100 Å². The molecule has 21 heavy (non-hydrogen) atoms. The Morgan fingerprint density at radius 1 is 1.24 bits per heavy atom. The third-order valence-electron chi connectivity index (χ3n) is 2.17. The standard InChI is InChI=1S/C11H8Cl2N4O4/c1-2-20-10-14-9(13)15-11(16-10)21-6-3-4-8(17(18)19)7(12)5-6/h3-5H,2H2,1H3. The second kappa shape index (κ2) is 6.51. The van der Waals surface area contributed by atoms with E-state index in [1.165, 1.54) is 18.2 Å². The molecule has 0 saturated heterocycles. The van der Waals surface area contributed by atoms with Crippen LogP contribution in [0.15, 0.2) is 18.2 Å². The second-order valence-corrected chi connectivity index (χ2v) is 4.32. The SMILES string of the molecule is CCOc1nc(Cl)nc(Oc2ccc([N+](=O)[O-])c(Cl)c2)n1. The van der Waals surface area contributed by atoms with Gasteiger partial charge in [0.15, 0.2) is 0 Å². The van der Waals surface area contributed by atoms with E-state index >= 15 is 0 Å². The normalized spacial score (nSPS) is 10.2. The minimum absolute atomic E-state index is 0.0144. The summed E-state index contributed by atoms with van der Waals surface area (Å²) in [5.41, 5.74) is -0.229. The summed E-state index contributed by atoms with van der Waals surface area (Å²) in [5, 5.41) is 10.5. The molecular weight excluding hydrogens is 323 g/mol. The first kappa shape index (κ1) is 15.2. The fourth-order valence-electron chi connectivity index (χ4n) is 1.36. The minimum atomic E-state index is -0.598. The average Bonchev–Trinajstić information content (AvgIpc) is 2.37. The van der Waals surface area contributed by atoms with Crippen LogP contribution in [0.25, 0.3) is 0 Å². The molecule has 1 aromatic carbocycles. The summed E-state index contributed by atoms with van der Waals surface area (Å²) in [6, 6.07) is 3.76. The zero-order valence-corrected chi connectivity index (χ0v) is 12.1. The number of ether oxygens (including phenoxy) is 2. The summed E-state index contributed by atoms with van der Waals surface area (Å²) >= 11 is 11.5. The van der Waals surface area contributed by atoms with Gasteiger partial charge in [0, 0.05) is 12.1 Å². The van der Waals surface area contributed by atoms with Crippen molar-refractivity contribution in [1.29, 1.82) is 0 Å². The molecule has 0 aliphatic carbocycles. The number of halogens is 2. The largest absolute Gasteiger partial charge is 0.464 e. The van der Waals surface area contributed by atoms with Crippen LogP contribution in [0.3, 0.4) is 0 Å². The number of nitrogens with zero attached hydrogens (tertiary/aromatic N) is 4. The van der Waals surface area contributed by atoms with Gasteiger partial charge in [-0.3, -0.25) is 10.1 Å². The van der Waals surface area contributed by atoms with Crippen LogP contribution in [0.5, 0.6) is 17.8 Å². The van der Waals surface area contributed by atoms with Gasteiger partial charge in [-0.1, -0.05) is 11.6 Å². The van der Waals surface area contributed by atoms with E-state index in [9.17, 15) is 10.1 Å². The van der Waals surface area contributed by atoms with Crippen molar-refractivity contribution in [2.75, 3.05) is 6.61 Å². The van der Waals surface area contributed by atoms with Gasteiger partial charge in [-0.2, -0.15) is 9.97 Å². The lowest BCUT2D eigenvalue weighted by Gasteiger charge is -2.06. The van der Waals surface area contributed by atoms with Crippen molar-refractivity contribution >= 4 is 28.9 Å². The van der Waals surface area contributed by atoms with Gasteiger partial charge in [-0.05, 0) is 24.6 Å². The van der Waals surface area contributed by atoms with Gasteiger partial charge >= 0.3 is 12.0 Å². The summed E-state index contributed by atoms with van der Waals surface area (Å²) in [7, 11) is 0. The highest BCUT2D eigenvalue weighted by atomic mass is 35.5. The van der Waals surface area contributed by atoms with Crippen LogP contribution in [0.4, 0.5) is 5.69 Å². The molecule has 1 aromatic heterocycles. The Bertz CT molecular complexity index is 683. The van der Waals surface area contributed by atoms with Gasteiger partial charge < -0.3 is 9.47 Å². The fourth-order valence-corrected chi connectivity index (χ4v) is 1.74. The van der Waals surface area contributed by atoms with E-state index in [1.807, 2.05) is 0 Å². The number of benzene rings is 1. The van der Waals surface area contributed by atoms with E-state index in [1.54, 1.807) is 6.92 Å². The van der Waals surface area contributed by atoms with Crippen molar-refractivity contribution in [3.8, 4) is 17.8 Å². The highest BCUT2D eigenvalue weighted by molar-refractivity contribution is 6.32. The molecule has 8 nitrogen and oxygen atoms in total. The highest BCUT2D eigenvalue weighted by Gasteiger charge is 2.14. The van der Waals surface area contributed by atoms with Gasteiger partial charge in [-0.15, -0.1) is 4.98 Å². The molecule has 0 aliphatic heterocycles. The zero-order valence-electron chi connectivity index (χ0n) is 10.6. The number of hydrogen-bond donors (Lipinski definition) is 0. The number of aromatic nitrogens is 3. The molecule has 0 N–H and O–H groups in total. The lowest BCUT2D eigenvalue weighted by atomic mass is 10.3. The molecule has 0 unspecified atom stereocenters. The van der Waals surface area contributed by atoms with Gasteiger partial charge in [0.25, 0.3) is 5.69 Å². The average molecular weight is 331 g/mol. The molecule has 0 atom stereocenters. The molecule has 0 spiro atoms. The van der Waals surface area contributed by atoms with Gasteiger partial charge in [0.1, 0.15) is 10.8 Å². The first-order valence-corrected chi connectivity index (χ1v) is 6.41. The van der Waals surface area contributed by atoms with Crippen LogP contribution in [0, 0.1) is 10.1 Å². The Labute approximate surface area is 128 Å². The van der Waals surface area contributed by atoms with E-state index in [2.05, 4.69) is 15.0 Å². The van der Waals surface area contributed by atoms with E-state index in [0.29, 0.717) is 6.61 Å². The van der Waals surface area contributed by atoms with E-state index in [-0.39, 0.29) is 33.8 Å². The molecule has 2 rings (SSSR count). The van der Waals surface area contributed by atoms with Crippen molar-refractivity contribution in [3.63, 3.8) is 0 Å². The van der Waals surface area contributed by atoms with E-state index in [0.717, 1.165) is 0 Å². The summed E-state index contributed by atoms with van der Waals surface area (Å²) in [6.45, 7) is 2.11. The van der Waals surface area contributed by atoms with Crippen LogP contribution in [0.1, 0.15) is 6.92 Å². The van der Waals surface area contributed by atoms with Crippen LogP contribution >= 0.6 is 23.2 Å². The molecule has 10 heteroatoms. The second-order valence-electron chi connectivity index (χ2n) is 3.57. The third-order valence-corrected chi connectivity index (χ3v) is 2.64. The number of nitro groups is 1. The number of hydrogen-bond acceptors (Lipinski definition) is 7. The Hall–Kier alpha value is -2.19.